The summed E-state index contributed by atoms with van der Waals surface area (Å²) in [6.45, 7) is 1.97. The molecule has 1 atom stereocenters. The molecule has 0 aliphatic carbocycles. The van der Waals surface area contributed by atoms with E-state index in [1.54, 1.807) is 7.05 Å². The van der Waals surface area contributed by atoms with Gasteiger partial charge in [0.15, 0.2) is 0 Å². The SMILES string of the molecule is CC(Cc1ccccc1)NC(=O)c1cnn(C)c1N. The average molecular weight is 258 g/mol. The summed E-state index contributed by atoms with van der Waals surface area (Å²) in [5, 5.41) is 6.89. The number of hydrogen-bond donors (Lipinski definition) is 2. The fraction of sp³-hybridized carbons (Fsp3) is 0.286. The second-order valence-electron chi connectivity index (χ2n) is 4.63. The Kier molecular flexibility index (Phi) is 3.85. The van der Waals surface area contributed by atoms with Crippen molar-refractivity contribution >= 4 is 11.7 Å². The molecule has 5 heteroatoms. The van der Waals surface area contributed by atoms with Crippen LogP contribution in [-0.4, -0.2) is 21.7 Å². The van der Waals surface area contributed by atoms with Gasteiger partial charge >= 0.3 is 0 Å². The van der Waals surface area contributed by atoms with Crippen LogP contribution in [0.3, 0.4) is 0 Å². The van der Waals surface area contributed by atoms with Crippen molar-refractivity contribution < 1.29 is 4.79 Å². The molecular weight excluding hydrogens is 240 g/mol. The quantitative estimate of drug-likeness (QED) is 0.869. The van der Waals surface area contributed by atoms with Crippen molar-refractivity contribution in [2.24, 2.45) is 7.05 Å². The van der Waals surface area contributed by atoms with Crippen LogP contribution in [0.1, 0.15) is 22.8 Å². The number of nitrogens with one attached hydrogen (secondary N) is 1. The minimum absolute atomic E-state index is 0.0366. The summed E-state index contributed by atoms with van der Waals surface area (Å²) < 4.78 is 1.48. The maximum absolute atomic E-state index is 12.0. The van der Waals surface area contributed by atoms with E-state index in [-0.39, 0.29) is 11.9 Å². The minimum atomic E-state index is -0.186. The van der Waals surface area contributed by atoms with Crippen molar-refractivity contribution in [3.8, 4) is 0 Å². The molecule has 0 saturated heterocycles. The number of rotatable bonds is 4. The molecule has 0 aliphatic rings. The minimum Gasteiger partial charge on any atom is -0.383 e. The second kappa shape index (κ2) is 5.56. The highest BCUT2D eigenvalue weighted by Crippen LogP contribution is 2.10. The number of carbonyl (C=O) groups excluding carboxylic acids is 1. The van der Waals surface area contributed by atoms with E-state index in [4.69, 9.17) is 5.73 Å². The van der Waals surface area contributed by atoms with E-state index < -0.39 is 0 Å². The van der Waals surface area contributed by atoms with Crippen LogP contribution < -0.4 is 11.1 Å². The smallest absolute Gasteiger partial charge is 0.256 e. The van der Waals surface area contributed by atoms with Crippen LogP contribution in [0.15, 0.2) is 36.5 Å². The first kappa shape index (κ1) is 13.1. The number of nitrogens with two attached hydrogens (primary N) is 1. The fourth-order valence-electron chi connectivity index (χ4n) is 1.94. The standard InChI is InChI=1S/C14H18N4O/c1-10(8-11-6-4-3-5-7-11)17-14(19)12-9-16-18(2)13(12)15/h3-7,9-10H,8,15H2,1-2H3,(H,17,19). The summed E-state index contributed by atoms with van der Waals surface area (Å²) in [4.78, 5) is 12.0. The molecule has 1 amide bonds. The third kappa shape index (κ3) is 3.13. The van der Waals surface area contributed by atoms with Crippen molar-refractivity contribution in [2.45, 2.75) is 19.4 Å². The number of nitrogens with zero attached hydrogens (tertiary/aromatic N) is 2. The molecule has 3 N–H and O–H groups in total. The molecule has 1 aromatic heterocycles. The summed E-state index contributed by atoms with van der Waals surface area (Å²) in [5.74, 6) is 0.193. The molecule has 0 fully saturated rings. The second-order valence-corrected chi connectivity index (χ2v) is 4.63. The van der Waals surface area contributed by atoms with E-state index >= 15 is 0 Å². The van der Waals surface area contributed by atoms with Crippen LogP contribution in [0.25, 0.3) is 0 Å². The Labute approximate surface area is 112 Å². The van der Waals surface area contributed by atoms with E-state index in [0.717, 1.165) is 6.42 Å². The lowest BCUT2D eigenvalue weighted by molar-refractivity contribution is 0.0941. The molecule has 0 aliphatic heterocycles. The lowest BCUT2D eigenvalue weighted by Gasteiger charge is -2.13. The molecule has 2 aromatic rings. The highest BCUT2D eigenvalue weighted by molar-refractivity contribution is 5.98. The van der Waals surface area contributed by atoms with Crippen LogP contribution in [-0.2, 0) is 13.5 Å². The summed E-state index contributed by atoms with van der Waals surface area (Å²) in [5.41, 5.74) is 7.38. The first-order valence-corrected chi connectivity index (χ1v) is 6.20. The molecule has 0 spiro atoms. The molecule has 100 valence electrons. The van der Waals surface area contributed by atoms with Gasteiger partial charge in [0.05, 0.1) is 6.20 Å². The lowest BCUT2D eigenvalue weighted by atomic mass is 10.1. The Hall–Kier alpha value is -2.30. The average Bonchev–Trinajstić information content (AvgIpc) is 2.71. The molecule has 1 aromatic carbocycles. The van der Waals surface area contributed by atoms with Gasteiger partial charge in [-0.15, -0.1) is 0 Å². The Balaban J connectivity index is 1.97. The van der Waals surface area contributed by atoms with E-state index in [2.05, 4.69) is 10.4 Å². The molecule has 0 radical (unpaired) electrons. The maximum atomic E-state index is 12.0. The third-order valence-electron chi connectivity index (χ3n) is 2.99. The van der Waals surface area contributed by atoms with E-state index in [1.165, 1.54) is 16.4 Å². The summed E-state index contributed by atoms with van der Waals surface area (Å²) in [6, 6.07) is 10.1. The molecule has 5 nitrogen and oxygen atoms in total. The van der Waals surface area contributed by atoms with E-state index in [1.807, 2.05) is 37.3 Å². The summed E-state index contributed by atoms with van der Waals surface area (Å²) in [7, 11) is 1.71. The Morgan fingerprint density at radius 3 is 2.68 bits per heavy atom. The maximum Gasteiger partial charge on any atom is 0.256 e. The molecule has 0 saturated carbocycles. The van der Waals surface area contributed by atoms with Gasteiger partial charge in [0.2, 0.25) is 0 Å². The third-order valence-corrected chi connectivity index (χ3v) is 2.99. The van der Waals surface area contributed by atoms with Crippen LogP contribution in [0.4, 0.5) is 5.82 Å². The number of amides is 1. The zero-order chi connectivity index (χ0) is 13.8. The van der Waals surface area contributed by atoms with Gasteiger partial charge in [-0.3, -0.25) is 9.48 Å². The monoisotopic (exact) mass is 258 g/mol. The van der Waals surface area contributed by atoms with Gasteiger partial charge in [0, 0.05) is 13.1 Å². The summed E-state index contributed by atoms with van der Waals surface area (Å²) >= 11 is 0. The Bertz CT molecular complexity index is 562. The predicted octanol–water partition coefficient (Wildman–Crippen LogP) is 1.36. The summed E-state index contributed by atoms with van der Waals surface area (Å²) in [6.07, 6.45) is 2.27. The Morgan fingerprint density at radius 2 is 2.11 bits per heavy atom. The highest BCUT2D eigenvalue weighted by Gasteiger charge is 2.15. The number of aryl methyl sites for hydroxylation is 1. The number of nitrogen functional groups attached to an aromatic ring is 1. The van der Waals surface area contributed by atoms with Gasteiger partial charge < -0.3 is 11.1 Å². The van der Waals surface area contributed by atoms with Gasteiger partial charge in [-0.2, -0.15) is 5.10 Å². The highest BCUT2D eigenvalue weighted by atomic mass is 16.1. The largest absolute Gasteiger partial charge is 0.383 e. The van der Waals surface area contributed by atoms with Gasteiger partial charge in [-0.25, -0.2) is 0 Å². The molecular formula is C14H18N4O. The van der Waals surface area contributed by atoms with Crippen molar-refractivity contribution in [1.29, 1.82) is 0 Å². The number of aromatic nitrogens is 2. The van der Waals surface area contributed by atoms with Crippen LogP contribution in [0.2, 0.25) is 0 Å². The number of carbonyl (C=O) groups is 1. The fourth-order valence-corrected chi connectivity index (χ4v) is 1.94. The number of hydrogen-bond acceptors (Lipinski definition) is 3. The van der Waals surface area contributed by atoms with Crippen LogP contribution in [0.5, 0.6) is 0 Å². The first-order valence-electron chi connectivity index (χ1n) is 6.20. The van der Waals surface area contributed by atoms with E-state index in [0.29, 0.717) is 11.4 Å². The Morgan fingerprint density at radius 1 is 1.42 bits per heavy atom. The molecule has 1 heterocycles. The molecule has 2 rings (SSSR count). The van der Waals surface area contributed by atoms with Crippen molar-refractivity contribution in [1.82, 2.24) is 15.1 Å². The molecule has 1 unspecified atom stereocenters. The van der Waals surface area contributed by atoms with Gasteiger partial charge in [0.25, 0.3) is 5.91 Å². The number of benzene rings is 1. The predicted molar refractivity (Wildman–Crippen MR) is 74.7 cm³/mol. The first-order chi connectivity index (χ1) is 9.08. The topological polar surface area (TPSA) is 72.9 Å². The molecule has 19 heavy (non-hydrogen) atoms. The zero-order valence-electron chi connectivity index (χ0n) is 11.1. The van der Waals surface area contributed by atoms with Gasteiger partial charge in [0.1, 0.15) is 11.4 Å². The van der Waals surface area contributed by atoms with Crippen molar-refractivity contribution in [3.05, 3.63) is 47.7 Å². The molecule has 0 bridgehead atoms. The van der Waals surface area contributed by atoms with Crippen molar-refractivity contribution in [3.63, 3.8) is 0 Å². The van der Waals surface area contributed by atoms with Gasteiger partial charge in [-0.05, 0) is 18.9 Å². The number of anilines is 1. The van der Waals surface area contributed by atoms with Crippen LogP contribution >= 0.6 is 0 Å². The normalized spacial score (nSPS) is 12.1. The van der Waals surface area contributed by atoms with E-state index in [9.17, 15) is 4.79 Å². The zero-order valence-corrected chi connectivity index (χ0v) is 11.1. The van der Waals surface area contributed by atoms with Crippen LogP contribution in [0, 0.1) is 0 Å². The lowest BCUT2D eigenvalue weighted by Crippen LogP contribution is -2.34. The van der Waals surface area contributed by atoms with Gasteiger partial charge in [-0.1, -0.05) is 30.3 Å². The van der Waals surface area contributed by atoms with Crippen molar-refractivity contribution in [2.75, 3.05) is 5.73 Å².